The van der Waals surface area contributed by atoms with Crippen molar-refractivity contribution in [3.8, 4) is 0 Å². The predicted molar refractivity (Wildman–Crippen MR) is 65.5 cm³/mol. The molecule has 0 radical (unpaired) electrons. The number of hydrazine groups is 1. The van der Waals surface area contributed by atoms with Crippen LogP contribution in [0, 0.1) is 0 Å². The first-order chi connectivity index (χ1) is 6.63. The van der Waals surface area contributed by atoms with Crippen LogP contribution in [-0.4, -0.2) is 30.1 Å². The van der Waals surface area contributed by atoms with E-state index in [9.17, 15) is 0 Å². The summed E-state index contributed by atoms with van der Waals surface area (Å²) in [6.07, 6.45) is 3.12. The second-order valence-electron chi connectivity index (χ2n) is 3.44. The molecular formula is C9H22N4S. The largest absolute Gasteiger partial charge is 0.353 e. The van der Waals surface area contributed by atoms with Crippen molar-refractivity contribution in [1.29, 1.82) is 0 Å². The molecule has 0 spiro atoms. The number of thioether (sulfide) groups is 1. The van der Waals surface area contributed by atoms with Crippen molar-refractivity contribution >= 4 is 17.7 Å². The zero-order valence-corrected chi connectivity index (χ0v) is 10.3. The molecule has 0 aromatic rings. The number of hydrogen-bond acceptors (Lipinski definition) is 3. The predicted octanol–water partition coefficient (Wildman–Crippen LogP) is 0.945. The summed E-state index contributed by atoms with van der Waals surface area (Å²) in [6.45, 7) is 6.25. The van der Waals surface area contributed by atoms with Crippen molar-refractivity contribution in [2.45, 2.75) is 39.3 Å². The zero-order valence-electron chi connectivity index (χ0n) is 9.50. The molecule has 14 heavy (non-hydrogen) atoms. The number of rotatable bonds is 5. The lowest BCUT2D eigenvalue weighted by Crippen LogP contribution is -2.45. The third-order valence-corrected chi connectivity index (χ3v) is 2.42. The molecule has 0 aromatic carbocycles. The van der Waals surface area contributed by atoms with Gasteiger partial charge in [0.2, 0.25) is 5.96 Å². The Bertz CT molecular complexity index is 170. The van der Waals surface area contributed by atoms with Gasteiger partial charge in [-0.1, -0.05) is 6.92 Å². The Morgan fingerprint density at radius 3 is 2.50 bits per heavy atom. The molecule has 0 heterocycles. The molecule has 4 nitrogen and oxygen atoms in total. The fourth-order valence-electron chi connectivity index (χ4n) is 1.01. The average Bonchev–Trinajstić information content (AvgIpc) is 2.15. The molecule has 0 aliphatic rings. The molecule has 0 amide bonds. The first kappa shape index (κ1) is 13.6. The Labute approximate surface area is 91.1 Å². The van der Waals surface area contributed by atoms with Gasteiger partial charge in [0.05, 0.1) is 6.04 Å². The van der Waals surface area contributed by atoms with Crippen LogP contribution in [0.5, 0.6) is 0 Å². The van der Waals surface area contributed by atoms with E-state index in [-0.39, 0.29) is 0 Å². The van der Waals surface area contributed by atoms with Crippen LogP contribution in [-0.2, 0) is 0 Å². The smallest absolute Gasteiger partial charge is 0.206 e. The van der Waals surface area contributed by atoms with Gasteiger partial charge in [-0.2, -0.15) is 11.8 Å². The van der Waals surface area contributed by atoms with E-state index in [4.69, 9.17) is 5.84 Å². The van der Waals surface area contributed by atoms with E-state index in [2.05, 4.69) is 42.8 Å². The fourth-order valence-corrected chi connectivity index (χ4v) is 1.71. The van der Waals surface area contributed by atoms with Crippen LogP contribution in [0.15, 0.2) is 4.99 Å². The van der Waals surface area contributed by atoms with E-state index < -0.39 is 0 Å². The van der Waals surface area contributed by atoms with Gasteiger partial charge < -0.3 is 5.32 Å². The van der Waals surface area contributed by atoms with Crippen molar-refractivity contribution in [3.63, 3.8) is 0 Å². The lowest BCUT2D eigenvalue weighted by Gasteiger charge is -2.15. The standard InChI is InChI=1S/C9H22N4S/c1-5-8(6-14-4)12-9(13-10)11-7(2)3/h7-8H,5-6,10H2,1-4H3,(H2,11,12,13). The highest BCUT2D eigenvalue weighted by atomic mass is 32.2. The molecule has 0 bridgehead atoms. The fraction of sp³-hybridized carbons (Fsp3) is 0.889. The van der Waals surface area contributed by atoms with Crippen molar-refractivity contribution in [2.24, 2.45) is 10.8 Å². The summed E-state index contributed by atoms with van der Waals surface area (Å²) in [5, 5.41) is 3.16. The number of guanidine groups is 1. The van der Waals surface area contributed by atoms with Gasteiger partial charge >= 0.3 is 0 Å². The van der Waals surface area contributed by atoms with Crippen LogP contribution in [0.3, 0.4) is 0 Å². The van der Waals surface area contributed by atoms with Crippen molar-refractivity contribution in [2.75, 3.05) is 12.0 Å². The molecule has 0 fully saturated rings. The van der Waals surface area contributed by atoms with Crippen molar-refractivity contribution in [3.05, 3.63) is 0 Å². The van der Waals surface area contributed by atoms with Gasteiger partial charge in [-0.3, -0.25) is 5.43 Å². The molecule has 1 unspecified atom stereocenters. The summed E-state index contributed by atoms with van der Waals surface area (Å²) in [5.41, 5.74) is 2.59. The third-order valence-electron chi connectivity index (χ3n) is 1.70. The molecule has 0 rings (SSSR count). The third kappa shape index (κ3) is 6.10. The second kappa shape index (κ2) is 7.94. The molecule has 0 aromatic heterocycles. The van der Waals surface area contributed by atoms with E-state index in [0.717, 1.165) is 12.2 Å². The van der Waals surface area contributed by atoms with Gasteiger partial charge in [0, 0.05) is 11.8 Å². The first-order valence-corrected chi connectivity index (χ1v) is 6.33. The Hall–Kier alpha value is -0.420. The second-order valence-corrected chi connectivity index (χ2v) is 4.35. The van der Waals surface area contributed by atoms with E-state index in [1.165, 1.54) is 0 Å². The topological polar surface area (TPSA) is 62.4 Å². The Morgan fingerprint density at radius 2 is 2.14 bits per heavy atom. The number of nitrogens with zero attached hydrogens (tertiary/aromatic N) is 1. The average molecular weight is 218 g/mol. The molecule has 0 aliphatic heterocycles. The SMILES string of the molecule is CCC(CSC)N=C(NN)NC(C)C. The Kier molecular flexibility index (Phi) is 7.70. The van der Waals surface area contributed by atoms with E-state index >= 15 is 0 Å². The maximum Gasteiger partial charge on any atom is 0.206 e. The van der Waals surface area contributed by atoms with Crippen molar-refractivity contribution < 1.29 is 0 Å². The summed E-state index contributed by atoms with van der Waals surface area (Å²) < 4.78 is 0. The molecule has 5 heteroatoms. The summed E-state index contributed by atoms with van der Waals surface area (Å²) >= 11 is 1.80. The Balaban J connectivity index is 4.22. The van der Waals surface area contributed by atoms with Gasteiger partial charge in [0.1, 0.15) is 0 Å². The number of nitrogens with two attached hydrogens (primary N) is 1. The van der Waals surface area contributed by atoms with E-state index in [1.54, 1.807) is 11.8 Å². The number of hydrogen-bond donors (Lipinski definition) is 3. The molecule has 0 aliphatic carbocycles. The van der Waals surface area contributed by atoms with E-state index in [0.29, 0.717) is 18.0 Å². The van der Waals surface area contributed by atoms with Gasteiger partial charge in [-0.15, -0.1) is 0 Å². The van der Waals surface area contributed by atoms with Crippen LogP contribution in [0.2, 0.25) is 0 Å². The monoisotopic (exact) mass is 218 g/mol. The molecule has 84 valence electrons. The highest BCUT2D eigenvalue weighted by Crippen LogP contribution is 2.05. The highest BCUT2D eigenvalue weighted by Gasteiger charge is 2.05. The lowest BCUT2D eigenvalue weighted by molar-refractivity contribution is 0.670. The van der Waals surface area contributed by atoms with Crippen LogP contribution >= 0.6 is 11.8 Å². The summed E-state index contributed by atoms with van der Waals surface area (Å²) in [4.78, 5) is 4.49. The van der Waals surface area contributed by atoms with Gasteiger partial charge in [0.25, 0.3) is 0 Å². The number of aliphatic imine (C=N–C) groups is 1. The molecule has 0 saturated heterocycles. The van der Waals surface area contributed by atoms with Crippen LogP contribution in [0.1, 0.15) is 27.2 Å². The molecular weight excluding hydrogens is 196 g/mol. The van der Waals surface area contributed by atoms with Gasteiger partial charge in [0.15, 0.2) is 0 Å². The normalized spacial score (nSPS) is 14.3. The summed E-state index contributed by atoms with van der Waals surface area (Å²) in [5.74, 6) is 7.08. The maximum absolute atomic E-state index is 5.37. The zero-order chi connectivity index (χ0) is 11.0. The highest BCUT2D eigenvalue weighted by molar-refractivity contribution is 7.98. The molecule has 0 saturated carbocycles. The lowest BCUT2D eigenvalue weighted by atomic mass is 10.3. The minimum atomic E-state index is 0.335. The molecule has 4 N–H and O–H groups in total. The maximum atomic E-state index is 5.37. The van der Waals surface area contributed by atoms with Gasteiger partial charge in [-0.25, -0.2) is 10.8 Å². The van der Waals surface area contributed by atoms with Gasteiger partial charge in [-0.05, 0) is 26.5 Å². The molecule has 1 atom stereocenters. The minimum Gasteiger partial charge on any atom is -0.353 e. The van der Waals surface area contributed by atoms with Crippen molar-refractivity contribution in [1.82, 2.24) is 10.7 Å². The van der Waals surface area contributed by atoms with Crippen LogP contribution in [0.25, 0.3) is 0 Å². The Morgan fingerprint density at radius 1 is 1.50 bits per heavy atom. The minimum absolute atomic E-state index is 0.335. The van der Waals surface area contributed by atoms with Crippen LogP contribution in [0.4, 0.5) is 0 Å². The number of nitrogens with one attached hydrogen (secondary N) is 2. The summed E-state index contributed by atoms with van der Waals surface area (Å²) in [7, 11) is 0. The quantitative estimate of drug-likeness (QED) is 0.278. The van der Waals surface area contributed by atoms with Crippen LogP contribution < -0.4 is 16.6 Å². The summed E-state index contributed by atoms with van der Waals surface area (Å²) in [6, 6.07) is 0.680. The van der Waals surface area contributed by atoms with E-state index in [1.807, 2.05) is 0 Å². The first-order valence-electron chi connectivity index (χ1n) is 4.93.